The highest BCUT2D eigenvalue weighted by Crippen LogP contribution is 2.50. The van der Waals surface area contributed by atoms with E-state index < -0.39 is 5.60 Å². The molecular formula is C21H23FN2O3. The van der Waals surface area contributed by atoms with Crippen molar-refractivity contribution < 1.29 is 18.8 Å². The number of aliphatic hydroxyl groups is 1. The van der Waals surface area contributed by atoms with Crippen molar-refractivity contribution in [3.8, 4) is 0 Å². The molecule has 5 rings (SSSR count). The van der Waals surface area contributed by atoms with Crippen LogP contribution in [0.25, 0.3) is 0 Å². The number of hydrogen-bond acceptors (Lipinski definition) is 4. The Labute approximate surface area is 157 Å². The number of fused-ring (bicyclic) bond motifs is 2. The minimum absolute atomic E-state index is 0.0327. The zero-order valence-corrected chi connectivity index (χ0v) is 15.2. The van der Waals surface area contributed by atoms with Crippen molar-refractivity contribution in [2.45, 2.75) is 44.1 Å². The fourth-order valence-electron chi connectivity index (χ4n) is 5.26. The van der Waals surface area contributed by atoms with E-state index in [0.717, 1.165) is 49.0 Å². The Morgan fingerprint density at radius 2 is 2.00 bits per heavy atom. The third-order valence-electron chi connectivity index (χ3n) is 6.73. The molecule has 0 bridgehead atoms. The van der Waals surface area contributed by atoms with E-state index in [1.54, 1.807) is 12.1 Å². The Morgan fingerprint density at radius 3 is 2.81 bits per heavy atom. The van der Waals surface area contributed by atoms with E-state index in [4.69, 9.17) is 4.52 Å². The number of likely N-dealkylation sites (tertiary alicyclic amines) is 1. The predicted octanol–water partition coefficient (Wildman–Crippen LogP) is 3.06. The normalized spacial score (nSPS) is 29.6. The van der Waals surface area contributed by atoms with Crippen LogP contribution in [0.2, 0.25) is 0 Å². The van der Waals surface area contributed by atoms with Gasteiger partial charge in [0.2, 0.25) is 0 Å². The van der Waals surface area contributed by atoms with Crippen LogP contribution in [0.4, 0.5) is 4.39 Å². The lowest BCUT2D eigenvalue weighted by Crippen LogP contribution is -2.36. The maximum atomic E-state index is 13.3. The topological polar surface area (TPSA) is 66.6 Å². The van der Waals surface area contributed by atoms with E-state index in [-0.39, 0.29) is 23.6 Å². The summed E-state index contributed by atoms with van der Waals surface area (Å²) in [5.41, 5.74) is 1.16. The van der Waals surface area contributed by atoms with Crippen LogP contribution in [0.1, 0.15) is 53.1 Å². The van der Waals surface area contributed by atoms with E-state index in [2.05, 4.69) is 5.16 Å². The summed E-state index contributed by atoms with van der Waals surface area (Å²) < 4.78 is 18.7. The van der Waals surface area contributed by atoms with Crippen LogP contribution in [0, 0.1) is 17.7 Å². The minimum Gasteiger partial charge on any atom is -0.385 e. The fraction of sp³-hybridized carbons (Fsp3) is 0.524. The molecule has 2 aliphatic carbocycles. The standard InChI is InChI=1S/C21H23FN2O3/c22-15-7-5-14(6-8-15)21(26)10-9-13-11-24(12-17(13)21)20(25)19-16-3-1-2-4-18(16)27-23-19/h5-8,13,17,26H,1-4,9-12H2/t13-,17+,21+/m1/s1. The van der Waals surface area contributed by atoms with Crippen LogP contribution < -0.4 is 0 Å². The van der Waals surface area contributed by atoms with E-state index in [9.17, 15) is 14.3 Å². The number of benzene rings is 1. The van der Waals surface area contributed by atoms with Crippen LogP contribution in [0.5, 0.6) is 0 Å². The fourth-order valence-corrected chi connectivity index (χ4v) is 5.26. The summed E-state index contributed by atoms with van der Waals surface area (Å²) in [6.07, 6.45) is 5.35. The van der Waals surface area contributed by atoms with Crippen LogP contribution in [0.3, 0.4) is 0 Å². The molecule has 1 aromatic heterocycles. The number of aryl methyl sites for hydroxylation is 1. The maximum Gasteiger partial charge on any atom is 0.276 e. The molecule has 5 nitrogen and oxygen atoms in total. The number of carbonyl (C=O) groups excluding carboxylic acids is 1. The summed E-state index contributed by atoms with van der Waals surface area (Å²) in [6.45, 7) is 1.13. The zero-order valence-electron chi connectivity index (χ0n) is 15.2. The monoisotopic (exact) mass is 370 g/mol. The molecule has 1 N–H and O–H groups in total. The second-order valence-corrected chi connectivity index (χ2v) is 8.19. The average molecular weight is 370 g/mol. The molecule has 1 amide bonds. The molecule has 3 aliphatic rings. The van der Waals surface area contributed by atoms with Crippen molar-refractivity contribution in [1.82, 2.24) is 10.1 Å². The zero-order chi connectivity index (χ0) is 18.6. The molecule has 2 fully saturated rings. The summed E-state index contributed by atoms with van der Waals surface area (Å²) >= 11 is 0. The molecule has 0 unspecified atom stereocenters. The smallest absolute Gasteiger partial charge is 0.276 e. The molecule has 1 saturated heterocycles. The van der Waals surface area contributed by atoms with Crippen molar-refractivity contribution >= 4 is 5.91 Å². The first kappa shape index (κ1) is 16.9. The van der Waals surface area contributed by atoms with Crippen molar-refractivity contribution in [2.24, 2.45) is 11.8 Å². The van der Waals surface area contributed by atoms with Gasteiger partial charge in [-0.2, -0.15) is 0 Å². The van der Waals surface area contributed by atoms with Gasteiger partial charge in [0, 0.05) is 31.0 Å². The van der Waals surface area contributed by atoms with Gasteiger partial charge in [0.05, 0.1) is 5.60 Å². The van der Waals surface area contributed by atoms with Crippen LogP contribution in [0.15, 0.2) is 28.8 Å². The number of hydrogen-bond donors (Lipinski definition) is 1. The first-order valence-electron chi connectivity index (χ1n) is 9.81. The number of carbonyl (C=O) groups is 1. The van der Waals surface area contributed by atoms with Gasteiger partial charge in [-0.15, -0.1) is 0 Å². The minimum atomic E-state index is -1.00. The molecule has 2 heterocycles. The molecule has 1 saturated carbocycles. The Balaban J connectivity index is 1.39. The number of nitrogens with zero attached hydrogens (tertiary/aromatic N) is 2. The Kier molecular flexibility index (Phi) is 3.86. The summed E-state index contributed by atoms with van der Waals surface area (Å²) in [7, 11) is 0. The van der Waals surface area contributed by atoms with Crippen molar-refractivity contribution in [3.63, 3.8) is 0 Å². The number of rotatable bonds is 2. The van der Waals surface area contributed by atoms with Crippen molar-refractivity contribution in [1.29, 1.82) is 0 Å². The highest BCUT2D eigenvalue weighted by molar-refractivity contribution is 5.94. The quantitative estimate of drug-likeness (QED) is 0.882. The number of amides is 1. The Hall–Kier alpha value is -2.21. The van der Waals surface area contributed by atoms with E-state index in [0.29, 0.717) is 25.2 Å². The average Bonchev–Trinajstić information content (AvgIpc) is 3.37. The van der Waals surface area contributed by atoms with Gasteiger partial charge >= 0.3 is 0 Å². The highest BCUT2D eigenvalue weighted by atomic mass is 19.1. The van der Waals surface area contributed by atoms with Gasteiger partial charge in [-0.05, 0) is 55.7 Å². The van der Waals surface area contributed by atoms with Gasteiger partial charge in [-0.25, -0.2) is 4.39 Å². The van der Waals surface area contributed by atoms with Gasteiger partial charge < -0.3 is 14.5 Å². The van der Waals surface area contributed by atoms with E-state index >= 15 is 0 Å². The first-order chi connectivity index (χ1) is 13.1. The van der Waals surface area contributed by atoms with Crippen LogP contribution in [-0.4, -0.2) is 34.2 Å². The molecule has 3 atom stereocenters. The molecule has 1 aromatic carbocycles. The largest absolute Gasteiger partial charge is 0.385 e. The molecule has 1 aliphatic heterocycles. The molecule has 0 spiro atoms. The predicted molar refractivity (Wildman–Crippen MR) is 95.6 cm³/mol. The third-order valence-corrected chi connectivity index (χ3v) is 6.73. The molecule has 142 valence electrons. The van der Waals surface area contributed by atoms with Gasteiger partial charge in [-0.1, -0.05) is 17.3 Å². The lowest BCUT2D eigenvalue weighted by atomic mass is 9.82. The van der Waals surface area contributed by atoms with E-state index in [1.807, 2.05) is 4.90 Å². The molecule has 27 heavy (non-hydrogen) atoms. The van der Waals surface area contributed by atoms with Gasteiger partial charge in [0.1, 0.15) is 11.6 Å². The summed E-state index contributed by atoms with van der Waals surface area (Å²) in [4.78, 5) is 14.9. The SMILES string of the molecule is O=C(c1noc2c1CCCC2)N1C[C@H]2CC[C@](O)(c3ccc(F)cc3)[C@H]2C1. The second kappa shape index (κ2) is 6.16. The first-order valence-corrected chi connectivity index (χ1v) is 9.81. The molecule has 6 heteroatoms. The van der Waals surface area contributed by atoms with Crippen LogP contribution in [-0.2, 0) is 18.4 Å². The summed E-state index contributed by atoms with van der Waals surface area (Å²) in [5, 5.41) is 15.4. The Morgan fingerprint density at radius 1 is 1.22 bits per heavy atom. The van der Waals surface area contributed by atoms with Crippen molar-refractivity contribution in [3.05, 3.63) is 52.7 Å². The summed E-state index contributed by atoms with van der Waals surface area (Å²) in [6, 6.07) is 6.10. The number of halogens is 1. The van der Waals surface area contributed by atoms with Gasteiger partial charge in [0.15, 0.2) is 5.69 Å². The van der Waals surface area contributed by atoms with Gasteiger partial charge in [-0.3, -0.25) is 4.79 Å². The lowest BCUT2D eigenvalue weighted by Gasteiger charge is -2.30. The second-order valence-electron chi connectivity index (χ2n) is 8.19. The number of aromatic nitrogens is 1. The summed E-state index contributed by atoms with van der Waals surface area (Å²) in [5.74, 6) is 0.682. The maximum absolute atomic E-state index is 13.3. The molecule has 0 radical (unpaired) electrons. The van der Waals surface area contributed by atoms with Crippen molar-refractivity contribution in [2.75, 3.05) is 13.1 Å². The van der Waals surface area contributed by atoms with Crippen LogP contribution >= 0.6 is 0 Å². The van der Waals surface area contributed by atoms with Gasteiger partial charge in [0.25, 0.3) is 5.91 Å². The molecule has 2 aromatic rings. The lowest BCUT2D eigenvalue weighted by molar-refractivity contribution is -0.00597. The highest BCUT2D eigenvalue weighted by Gasteiger charge is 2.53. The molecular weight excluding hydrogens is 347 g/mol. The third kappa shape index (κ3) is 2.61. The van der Waals surface area contributed by atoms with E-state index in [1.165, 1.54) is 12.1 Å². The Bertz CT molecular complexity index is 878.